The highest BCUT2D eigenvalue weighted by Gasteiger charge is 2.16. The van der Waals surface area contributed by atoms with Gasteiger partial charge in [0.25, 0.3) is 5.22 Å². The van der Waals surface area contributed by atoms with Crippen LogP contribution in [0.3, 0.4) is 0 Å². The van der Waals surface area contributed by atoms with Crippen molar-refractivity contribution in [2.75, 3.05) is 0 Å². The Labute approximate surface area is 104 Å². The molecule has 6 nitrogen and oxygen atoms in total. The van der Waals surface area contributed by atoms with E-state index in [-0.39, 0.29) is 6.61 Å². The molecule has 0 aromatic carbocycles. The molecule has 8 heteroatoms. The number of aliphatic hydroxyl groups is 1. The minimum atomic E-state index is -0.0760. The second-order valence-electron chi connectivity index (χ2n) is 3.27. The fourth-order valence-corrected chi connectivity index (χ4v) is 3.05. The minimum absolute atomic E-state index is 0.0760. The lowest BCUT2D eigenvalue weighted by molar-refractivity contribution is 0.272. The molecule has 0 aliphatic heterocycles. The number of thiazole rings is 1. The Morgan fingerprint density at radius 1 is 1.53 bits per heavy atom. The van der Waals surface area contributed by atoms with Crippen LogP contribution < -0.4 is 0 Å². The molecule has 0 aliphatic rings. The average Bonchev–Trinajstić information content (AvgIpc) is 2.95. The third-order valence-electron chi connectivity index (χ3n) is 2.17. The van der Waals surface area contributed by atoms with Crippen molar-refractivity contribution in [2.45, 2.75) is 23.8 Å². The number of aryl methyl sites for hydroxylation is 1. The molecule has 17 heavy (non-hydrogen) atoms. The van der Waals surface area contributed by atoms with Gasteiger partial charge in [-0.25, -0.2) is 4.98 Å². The van der Waals surface area contributed by atoms with E-state index in [4.69, 9.17) is 4.42 Å². The Morgan fingerprint density at radius 3 is 3.12 bits per heavy atom. The number of imidazole rings is 1. The summed E-state index contributed by atoms with van der Waals surface area (Å²) < 4.78 is 7.13. The van der Waals surface area contributed by atoms with Gasteiger partial charge in [-0.15, -0.1) is 21.5 Å². The summed E-state index contributed by atoms with van der Waals surface area (Å²) in [6.07, 6.45) is 1.88. The Hall–Kier alpha value is -1.38. The third-order valence-corrected chi connectivity index (χ3v) is 3.78. The van der Waals surface area contributed by atoms with E-state index in [1.165, 1.54) is 23.1 Å². The zero-order valence-electron chi connectivity index (χ0n) is 8.82. The lowest BCUT2D eigenvalue weighted by atomic mass is 10.5. The van der Waals surface area contributed by atoms with Crippen molar-refractivity contribution in [3.8, 4) is 0 Å². The molecule has 3 aromatic heterocycles. The van der Waals surface area contributed by atoms with Crippen molar-refractivity contribution < 1.29 is 9.52 Å². The minimum Gasteiger partial charge on any atom is -0.416 e. The largest absolute Gasteiger partial charge is 0.416 e. The van der Waals surface area contributed by atoms with E-state index >= 15 is 0 Å². The molecule has 3 aromatic rings. The first-order valence-electron chi connectivity index (χ1n) is 4.81. The van der Waals surface area contributed by atoms with Gasteiger partial charge in [0.1, 0.15) is 5.03 Å². The van der Waals surface area contributed by atoms with Crippen LogP contribution in [0.5, 0.6) is 0 Å². The average molecular weight is 268 g/mol. The van der Waals surface area contributed by atoms with E-state index in [0.29, 0.717) is 16.1 Å². The van der Waals surface area contributed by atoms with Gasteiger partial charge in [0.15, 0.2) is 4.96 Å². The van der Waals surface area contributed by atoms with Crippen molar-refractivity contribution in [3.05, 3.63) is 23.2 Å². The van der Waals surface area contributed by atoms with Gasteiger partial charge in [0.05, 0.1) is 12.3 Å². The SMILES string of the molecule is Cc1nnc(Sc2nc3sccn3c2CO)o1. The highest BCUT2D eigenvalue weighted by molar-refractivity contribution is 7.99. The summed E-state index contributed by atoms with van der Waals surface area (Å²) in [4.78, 5) is 5.25. The highest BCUT2D eigenvalue weighted by atomic mass is 32.2. The molecule has 0 saturated carbocycles. The van der Waals surface area contributed by atoms with Gasteiger partial charge >= 0.3 is 0 Å². The van der Waals surface area contributed by atoms with Crippen molar-refractivity contribution in [1.29, 1.82) is 0 Å². The van der Waals surface area contributed by atoms with E-state index < -0.39 is 0 Å². The molecule has 0 unspecified atom stereocenters. The van der Waals surface area contributed by atoms with E-state index in [2.05, 4.69) is 15.2 Å². The van der Waals surface area contributed by atoms with E-state index in [9.17, 15) is 5.11 Å². The molecule has 0 radical (unpaired) electrons. The fourth-order valence-electron chi connectivity index (χ4n) is 1.44. The highest BCUT2D eigenvalue weighted by Crippen LogP contribution is 2.30. The normalized spacial score (nSPS) is 11.4. The first-order chi connectivity index (χ1) is 8.28. The van der Waals surface area contributed by atoms with Crippen LogP contribution in [0, 0.1) is 6.92 Å². The van der Waals surface area contributed by atoms with Crippen LogP contribution in [0.2, 0.25) is 0 Å². The zero-order valence-corrected chi connectivity index (χ0v) is 10.5. The van der Waals surface area contributed by atoms with Crippen LogP contribution in [0.25, 0.3) is 4.96 Å². The van der Waals surface area contributed by atoms with Crippen LogP contribution in [0.1, 0.15) is 11.6 Å². The monoisotopic (exact) mass is 268 g/mol. The van der Waals surface area contributed by atoms with E-state index in [1.54, 1.807) is 6.92 Å². The van der Waals surface area contributed by atoms with Gasteiger partial charge in [0, 0.05) is 18.5 Å². The van der Waals surface area contributed by atoms with Crippen molar-refractivity contribution in [3.63, 3.8) is 0 Å². The Morgan fingerprint density at radius 2 is 2.41 bits per heavy atom. The predicted molar refractivity (Wildman–Crippen MR) is 62.1 cm³/mol. The third kappa shape index (κ3) is 1.84. The number of hydrogen-bond donors (Lipinski definition) is 1. The molecule has 3 rings (SSSR count). The molecule has 0 fully saturated rings. The van der Waals surface area contributed by atoms with Crippen molar-refractivity contribution in [2.24, 2.45) is 0 Å². The Bertz CT molecular complexity index is 657. The molecule has 0 bridgehead atoms. The van der Waals surface area contributed by atoms with Crippen LogP contribution in [-0.2, 0) is 6.61 Å². The predicted octanol–water partition coefficient (Wildman–Crippen LogP) is 1.73. The van der Waals surface area contributed by atoms with Crippen LogP contribution in [-0.4, -0.2) is 24.7 Å². The van der Waals surface area contributed by atoms with Crippen molar-refractivity contribution >= 4 is 28.1 Å². The number of fused-ring (bicyclic) bond motifs is 1. The molecule has 0 spiro atoms. The van der Waals surface area contributed by atoms with Gasteiger partial charge in [-0.05, 0) is 11.8 Å². The maximum Gasteiger partial charge on any atom is 0.282 e. The summed E-state index contributed by atoms with van der Waals surface area (Å²) >= 11 is 2.78. The topological polar surface area (TPSA) is 76.5 Å². The fraction of sp³-hybridized carbons (Fsp3) is 0.222. The molecule has 88 valence electrons. The maximum absolute atomic E-state index is 9.37. The molecule has 0 amide bonds. The van der Waals surface area contributed by atoms with Gasteiger partial charge in [0.2, 0.25) is 5.89 Å². The van der Waals surface area contributed by atoms with Crippen molar-refractivity contribution in [1.82, 2.24) is 19.6 Å². The van der Waals surface area contributed by atoms with Gasteiger partial charge < -0.3 is 9.52 Å². The first-order valence-corrected chi connectivity index (χ1v) is 6.51. The van der Waals surface area contributed by atoms with E-state index in [0.717, 1.165) is 10.7 Å². The zero-order chi connectivity index (χ0) is 11.8. The second-order valence-corrected chi connectivity index (χ2v) is 5.08. The molecule has 1 N–H and O–H groups in total. The number of aromatic nitrogens is 4. The molecule has 0 atom stereocenters. The first kappa shape index (κ1) is 10.8. The van der Waals surface area contributed by atoms with Gasteiger partial charge in [-0.3, -0.25) is 4.40 Å². The molecule has 3 heterocycles. The maximum atomic E-state index is 9.37. The van der Waals surface area contributed by atoms with E-state index in [1.807, 2.05) is 16.0 Å². The summed E-state index contributed by atoms with van der Waals surface area (Å²) in [6.45, 7) is 1.66. The summed E-state index contributed by atoms with van der Waals surface area (Å²) in [5.74, 6) is 0.513. The summed E-state index contributed by atoms with van der Waals surface area (Å²) in [5, 5.41) is 20.1. The molecule has 0 saturated heterocycles. The Balaban J connectivity index is 2.01. The summed E-state index contributed by atoms with van der Waals surface area (Å²) in [5.41, 5.74) is 0.738. The van der Waals surface area contributed by atoms with Gasteiger partial charge in [-0.2, -0.15) is 0 Å². The van der Waals surface area contributed by atoms with Crippen LogP contribution in [0.15, 0.2) is 26.2 Å². The molecular formula is C9H8N4O2S2. The summed E-state index contributed by atoms with van der Waals surface area (Å²) in [6, 6.07) is 0. The number of aliphatic hydroxyl groups excluding tert-OH is 1. The lowest BCUT2D eigenvalue weighted by Crippen LogP contribution is -1.90. The molecular weight excluding hydrogens is 260 g/mol. The second kappa shape index (κ2) is 4.13. The van der Waals surface area contributed by atoms with Crippen LogP contribution >= 0.6 is 23.1 Å². The lowest BCUT2D eigenvalue weighted by Gasteiger charge is -1.96. The number of nitrogens with zero attached hydrogens (tertiary/aromatic N) is 4. The smallest absolute Gasteiger partial charge is 0.282 e. The Kier molecular flexibility index (Phi) is 2.61. The van der Waals surface area contributed by atoms with Gasteiger partial charge in [-0.1, -0.05) is 0 Å². The summed E-state index contributed by atoms with van der Waals surface area (Å²) in [7, 11) is 0. The molecule has 0 aliphatic carbocycles. The number of rotatable bonds is 3. The number of hydrogen-bond acceptors (Lipinski definition) is 7. The van der Waals surface area contributed by atoms with Crippen LogP contribution in [0.4, 0.5) is 0 Å². The quantitative estimate of drug-likeness (QED) is 0.779. The standard InChI is InChI=1S/C9H8N4O2S2/c1-5-11-12-9(15-5)17-7-6(4-14)13-2-3-16-8(13)10-7/h2-3,14H,4H2,1H3.